The van der Waals surface area contributed by atoms with Crippen LogP contribution in [0, 0.1) is 6.92 Å². The minimum atomic E-state index is 0.232. The minimum Gasteiger partial charge on any atom is -0.480 e. The zero-order valence-electron chi connectivity index (χ0n) is 12.1. The van der Waals surface area contributed by atoms with Crippen molar-refractivity contribution in [3.05, 3.63) is 11.8 Å². The number of aryl methyl sites for hydroxylation is 1. The molecular formula is C13H20N6O. The Morgan fingerprint density at radius 1 is 1.30 bits per heavy atom. The second-order valence-electron chi connectivity index (χ2n) is 4.44. The van der Waals surface area contributed by atoms with Gasteiger partial charge in [0.2, 0.25) is 11.8 Å². The van der Waals surface area contributed by atoms with Crippen LogP contribution in [0.4, 0.5) is 11.8 Å². The predicted molar refractivity (Wildman–Crippen MR) is 80.0 cm³/mol. The molecule has 0 bridgehead atoms. The Kier molecular flexibility index (Phi) is 4.19. The van der Waals surface area contributed by atoms with Crippen LogP contribution in [-0.2, 0) is 0 Å². The largest absolute Gasteiger partial charge is 0.480 e. The topological polar surface area (TPSA) is 103 Å². The van der Waals surface area contributed by atoms with E-state index in [9.17, 15) is 0 Å². The average molecular weight is 276 g/mol. The number of ether oxygens (including phenoxy) is 1. The molecule has 0 fully saturated rings. The number of pyridine rings is 1. The molecule has 0 aliphatic rings. The third-order valence-corrected chi connectivity index (χ3v) is 3.05. The summed E-state index contributed by atoms with van der Waals surface area (Å²) in [5.74, 6) is 1.45. The Hall–Kier alpha value is -2.15. The number of rotatable bonds is 5. The lowest BCUT2D eigenvalue weighted by Crippen LogP contribution is -2.30. The summed E-state index contributed by atoms with van der Waals surface area (Å²) in [6, 6.07) is 1.87. The molecule has 4 N–H and O–H groups in total. The second kappa shape index (κ2) is 5.87. The molecule has 2 aromatic heterocycles. The van der Waals surface area contributed by atoms with Gasteiger partial charge < -0.3 is 21.1 Å². The highest BCUT2D eigenvalue weighted by Gasteiger charge is 2.17. The summed E-state index contributed by atoms with van der Waals surface area (Å²) < 4.78 is 5.37. The van der Waals surface area contributed by atoms with E-state index < -0.39 is 0 Å². The fraction of sp³-hybridized carbons (Fsp3) is 0.462. The smallest absolute Gasteiger partial charge is 0.226 e. The van der Waals surface area contributed by atoms with Crippen molar-refractivity contribution in [1.29, 1.82) is 0 Å². The Bertz CT molecular complexity index is 610. The summed E-state index contributed by atoms with van der Waals surface area (Å²) in [6.07, 6.45) is 0. The molecule has 2 aromatic rings. The van der Waals surface area contributed by atoms with Crippen LogP contribution < -0.4 is 21.1 Å². The highest BCUT2D eigenvalue weighted by atomic mass is 16.5. The van der Waals surface area contributed by atoms with Crippen LogP contribution >= 0.6 is 0 Å². The normalized spacial score (nSPS) is 10.8. The van der Waals surface area contributed by atoms with Crippen LogP contribution in [0.1, 0.15) is 12.6 Å². The Morgan fingerprint density at radius 2 is 2.05 bits per heavy atom. The number of likely N-dealkylation sites (N-methyl/N-ethyl adjacent to an activating group) is 1. The van der Waals surface area contributed by atoms with Gasteiger partial charge in [-0.05, 0) is 19.9 Å². The first-order chi connectivity index (χ1) is 9.60. The molecule has 0 aliphatic carbocycles. The van der Waals surface area contributed by atoms with E-state index in [0.29, 0.717) is 24.8 Å². The van der Waals surface area contributed by atoms with Gasteiger partial charge in [-0.15, -0.1) is 0 Å². The Balaban J connectivity index is 2.74. The van der Waals surface area contributed by atoms with Crippen molar-refractivity contribution in [3.63, 3.8) is 0 Å². The molecule has 0 aliphatic heterocycles. The number of hydrogen-bond donors (Lipinski definition) is 2. The van der Waals surface area contributed by atoms with Crippen LogP contribution in [0.5, 0.6) is 5.88 Å². The van der Waals surface area contributed by atoms with Crippen molar-refractivity contribution in [2.75, 3.05) is 37.4 Å². The van der Waals surface area contributed by atoms with Gasteiger partial charge in [-0.3, -0.25) is 0 Å². The first-order valence-electron chi connectivity index (χ1n) is 6.54. The number of nitrogens with zero attached hydrogens (tertiary/aromatic N) is 4. The first kappa shape index (κ1) is 14.3. The summed E-state index contributed by atoms with van der Waals surface area (Å²) in [7, 11) is 1.58. The second-order valence-corrected chi connectivity index (χ2v) is 4.44. The quantitative estimate of drug-likeness (QED) is 0.828. The van der Waals surface area contributed by atoms with Crippen molar-refractivity contribution in [2.24, 2.45) is 5.73 Å². The zero-order valence-corrected chi connectivity index (χ0v) is 12.1. The maximum absolute atomic E-state index is 5.81. The zero-order chi connectivity index (χ0) is 14.7. The number of hydrogen-bond acceptors (Lipinski definition) is 7. The van der Waals surface area contributed by atoms with E-state index in [1.54, 1.807) is 7.11 Å². The number of nitrogen functional groups attached to an aromatic ring is 1. The monoisotopic (exact) mass is 276 g/mol. The van der Waals surface area contributed by atoms with E-state index in [-0.39, 0.29) is 5.95 Å². The van der Waals surface area contributed by atoms with Crippen molar-refractivity contribution in [3.8, 4) is 5.88 Å². The molecule has 0 spiro atoms. The average Bonchev–Trinajstić information content (AvgIpc) is 2.42. The van der Waals surface area contributed by atoms with Crippen molar-refractivity contribution in [1.82, 2.24) is 15.0 Å². The van der Waals surface area contributed by atoms with Crippen LogP contribution in [0.15, 0.2) is 6.07 Å². The molecule has 0 unspecified atom stereocenters. The van der Waals surface area contributed by atoms with E-state index in [2.05, 4.69) is 15.0 Å². The van der Waals surface area contributed by atoms with E-state index >= 15 is 0 Å². The third-order valence-electron chi connectivity index (χ3n) is 3.05. The van der Waals surface area contributed by atoms with Gasteiger partial charge in [-0.25, -0.2) is 9.97 Å². The van der Waals surface area contributed by atoms with Gasteiger partial charge in [0.05, 0.1) is 12.6 Å². The van der Waals surface area contributed by atoms with Crippen molar-refractivity contribution >= 4 is 22.7 Å². The fourth-order valence-corrected chi connectivity index (χ4v) is 2.19. The van der Waals surface area contributed by atoms with Crippen LogP contribution in [0.2, 0.25) is 0 Å². The summed E-state index contributed by atoms with van der Waals surface area (Å²) in [5, 5.41) is 0.766. The van der Waals surface area contributed by atoms with Gasteiger partial charge >= 0.3 is 0 Å². The Labute approximate surface area is 118 Å². The molecule has 0 atom stereocenters. The lowest BCUT2D eigenvalue weighted by atomic mass is 10.2. The van der Waals surface area contributed by atoms with Crippen LogP contribution in [-0.4, -0.2) is 41.7 Å². The molecule has 0 saturated heterocycles. The molecule has 7 nitrogen and oxygen atoms in total. The summed E-state index contributed by atoms with van der Waals surface area (Å²) in [4.78, 5) is 15.0. The maximum Gasteiger partial charge on any atom is 0.226 e. The van der Waals surface area contributed by atoms with Gasteiger partial charge in [0, 0.05) is 25.3 Å². The molecule has 7 heteroatoms. The van der Waals surface area contributed by atoms with Crippen molar-refractivity contribution in [2.45, 2.75) is 13.8 Å². The van der Waals surface area contributed by atoms with Crippen LogP contribution in [0.3, 0.4) is 0 Å². The number of fused-ring (bicyclic) bond motifs is 1. The fourth-order valence-electron chi connectivity index (χ4n) is 2.19. The standard InChI is InChI=1S/C13H20N6O/c1-4-19(6-5-14)11-10-9(17-13(15)18-11)7-8(2)16-12(10)20-3/h7H,4-6,14H2,1-3H3,(H2,15,17,18). The van der Waals surface area contributed by atoms with Gasteiger partial charge in [-0.2, -0.15) is 4.98 Å². The van der Waals surface area contributed by atoms with Gasteiger partial charge in [0.15, 0.2) is 0 Å². The van der Waals surface area contributed by atoms with Gasteiger partial charge in [-0.1, -0.05) is 0 Å². The highest BCUT2D eigenvalue weighted by molar-refractivity contribution is 5.94. The first-order valence-corrected chi connectivity index (χ1v) is 6.54. The highest BCUT2D eigenvalue weighted by Crippen LogP contribution is 2.31. The van der Waals surface area contributed by atoms with Crippen LogP contribution in [0.25, 0.3) is 10.9 Å². The number of anilines is 2. The third kappa shape index (κ3) is 2.57. The van der Waals surface area contributed by atoms with E-state index in [0.717, 1.165) is 23.1 Å². The molecule has 108 valence electrons. The molecule has 2 rings (SSSR count). The summed E-state index contributed by atoms with van der Waals surface area (Å²) >= 11 is 0. The van der Waals surface area contributed by atoms with E-state index in [1.807, 2.05) is 24.8 Å². The molecular weight excluding hydrogens is 256 g/mol. The molecule has 0 radical (unpaired) electrons. The summed E-state index contributed by atoms with van der Waals surface area (Å²) in [6.45, 7) is 5.89. The van der Waals surface area contributed by atoms with Gasteiger partial charge in [0.1, 0.15) is 11.2 Å². The summed E-state index contributed by atoms with van der Waals surface area (Å²) in [5.41, 5.74) is 13.0. The Morgan fingerprint density at radius 3 is 2.65 bits per heavy atom. The maximum atomic E-state index is 5.81. The van der Waals surface area contributed by atoms with Crippen molar-refractivity contribution < 1.29 is 4.74 Å². The molecule has 0 saturated carbocycles. The number of aromatic nitrogens is 3. The van der Waals surface area contributed by atoms with E-state index in [4.69, 9.17) is 16.2 Å². The lowest BCUT2D eigenvalue weighted by molar-refractivity contribution is 0.402. The molecule has 0 aromatic carbocycles. The lowest BCUT2D eigenvalue weighted by Gasteiger charge is -2.23. The number of nitrogens with two attached hydrogens (primary N) is 2. The molecule has 0 amide bonds. The predicted octanol–water partition coefficient (Wildman–Crippen LogP) is 0.709. The van der Waals surface area contributed by atoms with Gasteiger partial charge in [0.25, 0.3) is 0 Å². The van der Waals surface area contributed by atoms with E-state index in [1.165, 1.54) is 0 Å². The SMILES string of the molecule is CCN(CCN)c1nc(N)nc2cc(C)nc(OC)c12. The number of methoxy groups -OCH3 is 1. The minimum absolute atomic E-state index is 0.232. The molecule has 2 heterocycles. The molecule has 20 heavy (non-hydrogen) atoms.